The number of benzene rings is 3. The van der Waals surface area contributed by atoms with Crippen molar-refractivity contribution in [2.75, 3.05) is 0 Å². The van der Waals surface area contributed by atoms with Gasteiger partial charge in [-0.05, 0) is 36.4 Å². The second kappa shape index (κ2) is 8.58. The van der Waals surface area contributed by atoms with E-state index in [9.17, 15) is 9.59 Å². The van der Waals surface area contributed by atoms with Crippen LogP contribution in [0.15, 0.2) is 96.3 Å². The third-order valence-corrected chi connectivity index (χ3v) is 8.59. The van der Waals surface area contributed by atoms with E-state index in [1.165, 1.54) is 6.92 Å². The molecule has 0 atom stereocenters. The van der Waals surface area contributed by atoms with Crippen molar-refractivity contribution < 1.29 is 9.59 Å². The third kappa shape index (κ3) is 3.57. The van der Waals surface area contributed by atoms with Gasteiger partial charge < -0.3 is 0 Å². The molecule has 3 aromatic carbocycles. The van der Waals surface area contributed by atoms with E-state index in [4.69, 9.17) is 5.41 Å². The number of carbonyl (C=O) groups is 2. The van der Waals surface area contributed by atoms with Gasteiger partial charge >= 0.3 is 5.91 Å². The number of carbonyl (C=O) groups excluding carboxylic acids is 2. The summed E-state index contributed by atoms with van der Waals surface area (Å²) in [5, 5.41) is 13.3. The summed E-state index contributed by atoms with van der Waals surface area (Å²) in [6.07, 6.45) is 0. The van der Waals surface area contributed by atoms with Gasteiger partial charge in [-0.1, -0.05) is 54.6 Å². The van der Waals surface area contributed by atoms with Crippen LogP contribution in [-0.2, 0) is 9.59 Å². The molecule has 0 bridgehead atoms. The average Bonchev–Trinajstić information content (AvgIpc) is 2.73. The molecule has 3 aromatic rings. The molecule has 0 spiro atoms. The molecule has 138 valence electrons. The van der Waals surface area contributed by atoms with Gasteiger partial charge in [0.1, 0.15) is 15.9 Å². The number of rotatable bonds is 5. The maximum atomic E-state index is 13.0. The summed E-state index contributed by atoms with van der Waals surface area (Å²) in [5.74, 6) is 1.34. The Morgan fingerprint density at radius 1 is 0.750 bits per heavy atom. The molecular weight excluding hydrogens is 367 g/mol. The molecule has 0 saturated heterocycles. The number of imide groups is 1. The molecule has 0 unspecified atom stereocenters. The Morgan fingerprint density at radius 2 is 1.11 bits per heavy atom. The number of nitrogens with one attached hydrogen (secondary N) is 2. The van der Waals surface area contributed by atoms with Gasteiger partial charge in [0.15, 0.2) is 7.26 Å². The Morgan fingerprint density at radius 3 is 1.39 bits per heavy atom. The summed E-state index contributed by atoms with van der Waals surface area (Å²) in [6, 6.07) is 29.0. The molecule has 3 rings (SSSR count). The first-order valence-electron chi connectivity index (χ1n) is 8.78. The molecule has 4 nitrogen and oxygen atoms in total. The van der Waals surface area contributed by atoms with E-state index in [0.717, 1.165) is 15.9 Å². The first kappa shape index (κ1) is 19.4. The molecule has 2 N–H and O–H groups in total. The molecule has 0 aliphatic heterocycles. The van der Waals surface area contributed by atoms with Crippen molar-refractivity contribution in [3.63, 3.8) is 0 Å². The molecule has 28 heavy (non-hydrogen) atoms. The predicted octanol–water partition coefficient (Wildman–Crippen LogP) is 2.78. The highest BCUT2D eigenvalue weighted by Crippen LogP contribution is 2.61. The lowest BCUT2D eigenvalue weighted by Crippen LogP contribution is -2.39. The van der Waals surface area contributed by atoms with Crippen LogP contribution < -0.4 is 21.2 Å². The van der Waals surface area contributed by atoms with Crippen molar-refractivity contribution >= 4 is 40.9 Å². The van der Waals surface area contributed by atoms with Crippen molar-refractivity contribution in [2.24, 2.45) is 0 Å². The smallest absolute Gasteiger partial charge is 0.289 e. The van der Waals surface area contributed by atoms with Crippen LogP contribution in [0.2, 0.25) is 0 Å². The van der Waals surface area contributed by atoms with Crippen molar-refractivity contribution in [2.45, 2.75) is 6.92 Å². The van der Waals surface area contributed by atoms with E-state index in [1.54, 1.807) is 0 Å². The van der Waals surface area contributed by atoms with Gasteiger partial charge in [-0.3, -0.25) is 20.3 Å². The van der Waals surface area contributed by atoms with Gasteiger partial charge in [0, 0.05) is 12.8 Å². The molecule has 0 saturated carbocycles. The minimum absolute atomic E-state index is 0.159. The normalized spacial score (nSPS) is 10.6. The van der Waals surface area contributed by atoms with Crippen LogP contribution in [0.3, 0.4) is 0 Å². The molecule has 0 radical (unpaired) electrons. The molecule has 0 aliphatic rings. The topological polar surface area (TPSA) is 70.0 Å². The van der Waals surface area contributed by atoms with E-state index in [1.807, 2.05) is 91.0 Å². The monoisotopic (exact) mass is 387 g/mol. The zero-order chi connectivity index (χ0) is 20.0. The van der Waals surface area contributed by atoms with Gasteiger partial charge in [-0.25, -0.2) is 0 Å². The number of hydrogen-bond donors (Lipinski definition) is 2. The fourth-order valence-electron chi connectivity index (χ4n) is 3.30. The molecule has 0 fully saturated rings. The minimum Gasteiger partial charge on any atom is -0.289 e. The van der Waals surface area contributed by atoms with Crippen LogP contribution in [-0.4, -0.2) is 17.7 Å². The molecule has 0 heterocycles. The van der Waals surface area contributed by atoms with E-state index in [-0.39, 0.29) is 5.31 Å². The maximum absolute atomic E-state index is 13.0. The molecule has 5 heteroatoms. The van der Waals surface area contributed by atoms with Crippen LogP contribution in [0.25, 0.3) is 0 Å². The van der Waals surface area contributed by atoms with Crippen LogP contribution in [0, 0.1) is 5.41 Å². The van der Waals surface area contributed by atoms with Gasteiger partial charge in [0.05, 0.1) is 0 Å². The fourth-order valence-corrected chi connectivity index (χ4v) is 7.36. The first-order chi connectivity index (χ1) is 13.6. The Bertz CT molecular complexity index is 931. The lowest BCUT2D eigenvalue weighted by atomic mass is 10.3. The summed E-state index contributed by atoms with van der Waals surface area (Å²) in [6.45, 7) is 1.28. The van der Waals surface area contributed by atoms with Gasteiger partial charge in [0.2, 0.25) is 11.2 Å². The quantitative estimate of drug-likeness (QED) is 0.402. The Labute approximate surface area is 164 Å². The van der Waals surface area contributed by atoms with Gasteiger partial charge in [-0.2, -0.15) is 0 Å². The summed E-state index contributed by atoms with van der Waals surface area (Å²) >= 11 is 0. The van der Waals surface area contributed by atoms with Crippen molar-refractivity contribution in [3.05, 3.63) is 96.3 Å². The molecule has 0 aromatic heterocycles. The Balaban J connectivity index is 2.42. The van der Waals surface area contributed by atoms with Crippen LogP contribution in [0.5, 0.6) is 0 Å². The number of hydrogen-bond acceptors (Lipinski definition) is 3. The van der Waals surface area contributed by atoms with Crippen LogP contribution >= 0.6 is 7.26 Å². The van der Waals surface area contributed by atoms with Gasteiger partial charge in [-0.15, -0.1) is 0 Å². The van der Waals surface area contributed by atoms with Gasteiger partial charge in [0.25, 0.3) is 0 Å². The van der Waals surface area contributed by atoms with E-state index < -0.39 is 19.1 Å². The summed E-state index contributed by atoms with van der Waals surface area (Å²) in [7, 11) is -2.72. The Kier molecular flexibility index (Phi) is 5.96. The van der Waals surface area contributed by atoms with Crippen molar-refractivity contribution in [1.82, 2.24) is 5.32 Å². The van der Waals surface area contributed by atoms with E-state index in [0.29, 0.717) is 0 Å². The second-order valence-corrected chi connectivity index (χ2v) is 9.50. The standard InChI is InChI=1S/C23H19N2O2P/c1-18(26)25-23(27)22(17-24)28(19-11-5-2-6-12-19,20-13-7-3-8-14-20)21-15-9-4-10-16-21/h2-16,24H,1H3/p+1. The lowest BCUT2D eigenvalue weighted by molar-refractivity contribution is -0.126. The highest BCUT2D eigenvalue weighted by Gasteiger charge is 2.53. The SMILES string of the molecule is CC(=O)NC(=O)C(=C=N)[P+](c1ccccc1)(c1ccccc1)c1ccccc1. The third-order valence-electron chi connectivity index (χ3n) is 4.39. The zero-order valence-corrected chi connectivity index (χ0v) is 16.3. The molecule has 0 aliphatic carbocycles. The second-order valence-electron chi connectivity index (χ2n) is 6.16. The molecule has 2 amide bonds. The molecular formula is C23H20N2O2P+. The lowest BCUT2D eigenvalue weighted by Gasteiger charge is -2.27. The summed E-state index contributed by atoms with van der Waals surface area (Å²) in [4.78, 5) is 24.6. The fraction of sp³-hybridized carbons (Fsp3) is 0.0435. The van der Waals surface area contributed by atoms with Crippen LogP contribution in [0.1, 0.15) is 6.92 Å². The van der Waals surface area contributed by atoms with Crippen molar-refractivity contribution in [3.8, 4) is 0 Å². The van der Waals surface area contributed by atoms with E-state index >= 15 is 0 Å². The van der Waals surface area contributed by atoms with Crippen LogP contribution in [0.4, 0.5) is 0 Å². The predicted molar refractivity (Wildman–Crippen MR) is 115 cm³/mol. The first-order valence-corrected chi connectivity index (χ1v) is 10.6. The Hall–Kier alpha value is -3.32. The zero-order valence-electron chi connectivity index (χ0n) is 15.4. The average molecular weight is 387 g/mol. The van der Waals surface area contributed by atoms with E-state index in [2.05, 4.69) is 11.2 Å². The summed E-state index contributed by atoms with van der Waals surface area (Å²) < 4.78 is 0. The highest BCUT2D eigenvalue weighted by molar-refractivity contribution is 8.00. The largest absolute Gasteiger partial charge is 0.304 e. The minimum atomic E-state index is -2.72. The summed E-state index contributed by atoms with van der Waals surface area (Å²) in [5.41, 5.74) is 0. The van der Waals surface area contributed by atoms with Crippen molar-refractivity contribution in [1.29, 1.82) is 5.41 Å². The maximum Gasteiger partial charge on any atom is 0.304 e. The number of amides is 2. The highest BCUT2D eigenvalue weighted by atomic mass is 31.2.